The molecule has 0 fully saturated rings. The van der Waals surface area contributed by atoms with Crippen LogP contribution in [0.2, 0.25) is 0 Å². The van der Waals surface area contributed by atoms with E-state index in [-0.39, 0.29) is 12.1 Å². The molecular weight excluding hydrogens is 194 g/mol. The minimum Gasteiger partial charge on any atom is -0.459 e. The van der Waals surface area contributed by atoms with Gasteiger partial charge in [-0.15, -0.1) is 0 Å². The van der Waals surface area contributed by atoms with Crippen molar-refractivity contribution >= 4 is 12.0 Å². The van der Waals surface area contributed by atoms with Crippen LogP contribution in [0, 0.1) is 0 Å². The molecular formula is C11H17NO3. The average molecular weight is 211 g/mol. The molecule has 0 radical (unpaired) electrons. The molecule has 0 spiro atoms. The summed E-state index contributed by atoms with van der Waals surface area (Å²) in [5.41, 5.74) is 0.402. The lowest BCUT2D eigenvalue weighted by atomic mass is 10.1. The van der Waals surface area contributed by atoms with Gasteiger partial charge in [0.15, 0.2) is 0 Å². The van der Waals surface area contributed by atoms with Crippen LogP contribution in [0.1, 0.15) is 33.1 Å². The van der Waals surface area contributed by atoms with Gasteiger partial charge in [-0.2, -0.15) is 0 Å². The number of carbonyl (C=O) groups excluding carboxylic acids is 2. The molecule has 0 saturated heterocycles. The van der Waals surface area contributed by atoms with E-state index in [1.54, 1.807) is 6.92 Å². The number of hydrogen-bond acceptors (Lipinski definition) is 4. The van der Waals surface area contributed by atoms with Crippen molar-refractivity contribution in [3.63, 3.8) is 0 Å². The van der Waals surface area contributed by atoms with Crippen molar-refractivity contribution in [3.8, 4) is 0 Å². The number of nitrogens with zero attached hydrogens (tertiary/aromatic N) is 1. The maximum atomic E-state index is 11.2. The van der Waals surface area contributed by atoms with E-state index in [2.05, 4.69) is 11.6 Å². The van der Waals surface area contributed by atoms with Crippen molar-refractivity contribution in [1.29, 1.82) is 0 Å². The summed E-state index contributed by atoms with van der Waals surface area (Å²) in [7, 11) is 0. The zero-order valence-corrected chi connectivity index (χ0v) is 9.28. The highest BCUT2D eigenvalue weighted by molar-refractivity contribution is 5.87. The second-order valence-electron chi connectivity index (χ2n) is 3.33. The topological polar surface area (TPSA) is 55.7 Å². The molecule has 1 atom stereocenters. The number of aliphatic imine (C=N–C) groups is 1. The van der Waals surface area contributed by atoms with Gasteiger partial charge in [0.25, 0.3) is 0 Å². The molecule has 0 rings (SSSR count). The van der Waals surface area contributed by atoms with Crippen LogP contribution >= 0.6 is 0 Å². The first-order chi connectivity index (χ1) is 7.11. The van der Waals surface area contributed by atoms with E-state index in [1.807, 2.05) is 6.92 Å². The fourth-order valence-corrected chi connectivity index (χ4v) is 1.04. The predicted octanol–water partition coefficient (Wildman–Crippen LogP) is 2.00. The summed E-state index contributed by atoms with van der Waals surface area (Å²) in [6, 6.07) is 0. The third kappa shape index (κ3) is 6.63. The van der Waals surface area contributed by atoms with Crippen LogP contribution in [0.4, 0.5) is 0 Å². The monoisotopic (exact) mass is 211 g/mol. The van der Waals surface area contributed by atoms with E-state index >= 15 is 0 Å². The lowest BCUT2D eigenvalue weighted by molar-refractivity contribution is -0.144. The van der Waals surface area contributed by atoms with E-state index in [4.69, 9.17) is 4.74 Å². The third-order valence-corrected chi connectivity index (χ3v) is 1.94. The second-order valence-corrected chi connectivity index (χ2v) is 3.33. The molecule has 0 heterocycles. The zero-order chi connectivity index (χ0) is 11.7. The van der Waals surface area contributed by atoms with Crippen molar-refractivity contribution in [2.75, 3.05) is 6.54 Å². The molecule has 0 aliphatic carbocycles. The molecule has 1 unspecified atom stereocenters. The molecule has 0 saturated carbocycles. The van der Waals surface area contributed by atoms with Gasteiger partial charge in [0.2, 0.25) is 6.08 Å². The Balaban J connectivity index is 3.87. The molecule has 4 nitrogen and oxygen atoms in total. The molecule has 0 aromatic carbocycles. The summed E-state index contributed by atoms with van der Waals surface area (Å²) < 4.78 is 5.16. The first kappa shape index (κ1) is 13.6. The van der Waals surface area contributed by atoms with Crippen molar-refractivity contribution in [2.24, 2.45) is 4.99 Å². The highest BCUT2D eigenvalue weighted by Crippen LogP contribution is 2.09. The average Bonchev–Trinajstić information content (AvgIpc) is 2.22. The van der Waals surface area contributed by atoms with Crippen LogP contribution in [0.3, 0.4) is 0 Å². The normalized spacial score (nSPS) is 11.3. The van der Waals surface area contributed by atoms with Crippen molar-refractivity contribution in [1.82, 2.24) is 0 Å². The van der Waals surface area contributed by atoms with Crippen LogP contribution in [0.25, 0.3) is 0 Å². The number of rotatable bonds is 7. The highest BCUT2D eigenvalue weighted by Gasteiger charge is 2.12. The van der Waals surface area contributed by atoms with E-state index in [0.717, 1.165) is 12.8 Å². The van der Waals surface area contributed by atoms with E-state index in [0.29, 0.717) is 18.5 Å². The Morgan fingerprint density at radius 3 is 2.73 bits per heavy atom. The second kappa shape index (κ2) is 7.94. The van der Waals surface area contributed by atoms with E-state index in [1.165, 1.54) is 6.08 Å². The number of hydrogen-bond donors (Lipinski definition) is 0. The highest BCUT2D eigenvalue weighted by atomic mass is 16.5. The Morgan fingerprint density at radius 2 is 2.27 bits per heavy atom. The van der Waals surface area contributed by atoms with Gasteiger partial charge >= 0.3 is 5.97 Å². The Bertz CT molecular complexity index is 267. The standard InChI is InChI=1S/C11H17NO3/c1-4-10(6-5-7-12-8-13)15-11(14)9(2)3/h10H,2,4-7H2,1,3H3. The van der Waals surface area contributed by atoms with Gasteiger partial charge in [-0.3, -0.25) is 0 Å². The zero-order valence-electron chi connectivity index (χ0n) is 9.28. The van der Waals surface area contributed by atoms with Crippen LogP contribution in [0.15, 0.2) is 17.1 Å². The smallest absolute Gasteiger partial charge is 0.333 e. The summed E-state index contributed by atoms with van der Waals surface area (Å²) in [6.07, 6.45) is 3.54. The number of ether oxygens (including phenoxy) is 1. The SMILES string of the molecule is C=C(C)C(=O)OC(CC)CCCN=C=O. The van der Waals surface area contributed by atoms with Gasteiger partial charge in [-0.05, 0) is 26.2 Å². The Labute approximate surface area is 90.0 Å². The summed E-state index contributed by atoms with van der Waals surface area (Å²) in [5.74, 6) is -0.360. The van der Waals surface area contributed by atoms with Crippen molar-refractivity contribution < 1.29 is 14.3 Å². The van der Waals surface area contributed by atoms with Gasteiger partial charge in [0, 0.05) is 5.57 Å². The van der Waals surface area contributed by atoms with Gasteiger partial charge < -0.3 is 4.74 Å². The summed E-state index contributed by atoms with van der Waals surface area (Å²) >= 11 is 0. The molecule has 0 bridgehead atoms. The lowest BCUT2D eigenvalue weighted by Crippen LogP contribution is -2.18. The Morgan fingerprint density at radius 1 is 1.60 bits per heavy atom. The summed E-state index contributed by atoms with van der Waals surface area (Å²) in [4.78, 5) is 24.4. The van der Waals surface area contributed by atoms with Crippen LogP contribution < -0.4 is 0 Å². The molecule has 0 aliphatic heterocycles. The maximum absolute atomic E-state index is 11.2. The molecule has 0 aromatic rings. The van der Waals surface area contributed by atoms with Gasteiger partial charge in [0.05, 0.1) is 6.54 Å². The maximum Gasteiger partial charge on any atom is 0.333 e. The molecule has 0 aliphatic rings. The van der Waals surface area contributed by atoms with Crippen LogP contribution in [-0.4, -0.2) is 24.7 Å². The molecule has 0 aromatic heterocycles. The minimum atomic E-state index is -0.360. The molecule has 0 N–H and O–H groups in total. The minimum absolute atomic E-state index is 0.115. The van der Waals surface area contributed by atoms with Gasteiger partial charge in [-0.1, -0.05) is 13.5 Å². The van der Waals surface area contributed by atoms with Gasteiger partial charge in [0.1, 0.15) is 6.10 Å². The predicted molar refractivity (Wildman–Crippen MR) is 57.2 cm³/mol. The Hall–Kier alpha value is -1.41. The van der Waals surface area contributed by atoms with E-state index in [9.17, 15) is 9.59 Å². The molecule has 4 heteroatoms. The Kier molecular flexibility index (Phi) is 7.20. The van der Waals surface area contributed by atoms with Crippen LogP contribution in [-0.2, 0) is 14.3 Å². The third-order valence-electron chi connectivity index (χ3n) is 1.94. The molecule has 84 valence electrons. The largest absolute Gasteiger partial charge is 0.459 e. The number of isocyanates is 1. The quantitative estimate of drug-likeness (QED) is 0.213. The van der Waals surface area contributed by atoms with Crippen LogP contribution in [0.5, 0.6) is 0 Å². The number of esters is 1. The first-order valence-corrected chi connectivity index (χ1v) is 5.02. The summed E-state index contributed by atoms with van der Waals surface area (Å²) in [5, 5.41) is 0. The fraction of sp³-hybridized carbons (Fsp3) is 0.636. The summed E-state index contributed by atoms with van der Waals surface area (Å²) in [6.45, 7) is 7.50. The number of carbonyl (C=O) groups is 1. The molecule has 0 amide bonds. The van der Waals surface area contributed by atoms with Crippen molar-refractivity contribution in [3.05, 3.63) is 12.2 Å². The first-order valence-electron chi connectivity index (χ1n) is 5.02. The lowest BCUT2D eigenvalue weighted by Gasteiger charge is -2.15. The fourth-order valence-electron chi connectivity index (χ4n) is 1.04. The van der Waals surface area contributed by atoms with E-state index < -0.39 is 0 Å². The van der Waals surface area contributed by atoms with Gasteiger partial charge in [-0.25, -0.2) is 14.6 Å². The van der Waals surface area contributed by atoms with Crippen molar-refractivity contribution in [2.45, 2.75) is 39.2 Å². The molecule has 15 heavy (non-hydrogen) atoms.